The van der Waals surface area contributed by atoms with Gasteiger partial charge in [0.1, 0.15) is 6.54 Å². The third-order valence-corrected chi connectivity index (χ3v) is 4.06. The molecule has 2 rings (SSSR count). The molecule has 1 aromatic rings. The zero-order valence-corrected chi connectivity index (χ0v) is 12.7. The number of amides is 1. The smallest absolute Gasteiger partial charge is 0.240 e. The van der Waals surface area contributed by atoms with Crippen molar-refractivity contribution < 1.29 is 4.79 Å². The molecule has 1 aromatic heterocycles. The Morgan fingerprint density at radius 1 is 1.50 bits per heavy atom. The van der Waals surface area contributed by atoms with Crippen LogP contribution < -0.4 is 11.1 Å². The Morgan fingerprint density at radius 3 is 3.05 bits per heavy atom. The molecule has 2 atom stereocenters. The minimum atomic E-state index is 0.0877. The number of nitrogens with one attached hydrogen (secondary N) is 1. The predicted octanol–water partition coefficient (Wildman–Crippen LogP) is 2.52. The summed E-state index contributed by atoms with van der Waals surface area (Å²) in [5.74, 6) is 0.0877. The van der Waals surface area contributed by atoms with E-state index in [0.29, 0.717) is 6.54 Å². The Bertz CT molecular complexity index is 453. The van der Waals surface area contributed by atoms with Crippen molar-refractivity contribution >= 4 is 5.91 Å². The highest BCUT2D eigenvalue weighted by molar-refractivity contribution is 5.76. The summed E-state index contributed by atoms with van der Waals surface area (Å²) < 4.78 is 1.99. The van der Waals surface area contributed by atoms with Gasteiger partial charge in [-0.15, -0.1) is 0 Å². The van der Waals surface area contributed by atoms with Crippen LogP contribution >= 0.6 is 0 Å². The van der Waals surface area contributed by atoms with Crippen LogP contribution in [0.2, 0.25) is 0 Å². The summed E-state index contributed by atoms with van der Waals surface area (Å²) in [6, 6.07) is 0.388. The Balaban J connectivity index is 1.97. The Labute approximate surface area is 121 Å². The molecular weight excluding hydrogens is 250 g/mol. The van der Waals surface area contributed by atoms with E-state index >= 15 is 0 Å². The molecule has 1 aliphatic rings. The fourth-order valence-electron chi connectivity index (χ4n) is 3.03. The lowest BCUT2D eigenvalue weighted by Gasteiger charge is -2.13. The highest BCUT2D eigenvalue weighted by Crippen LogP contribution is 2.27. The molecule has 20 heavy (non-hydrogen) atoms. The van der Waals surface area contributed by atoms with Gasteiger partial charge in [-0.2, -0.15) is 0 Å². The average molecular weight is 277 g/mol. The zero-order valence-electron chi connectivity index (χ0n) is 12.7. The molecule has 112 valence electrons. The monoisotopic (exact) mass is 277 g/mol. The second-order valence-electron chi connectivity index (χ2n) is 6.02. The van der Waals surface area contributed by atoms with Crippen LogP contribution in [0.4, 0.5) is 0 Å². The van der Waals surface area contributed by atoms with Crippen LogP contribution in [0.1, 0.15) is 63.1 Å². The van der Waals surface area contributed by atoms with Gasteiger partial charge in [0.15, 0.2) is 0 Å². The molecule has 4 heteroatoms. The number of rotatable bonds is 5. The zero-order chi connectivity index (χ0) is 14.5. The molecule has 1 heterocycles. The van der Waals surface area contributed by atoms with Crippen LogP contribution in [0.3, 0.4) is 0 Å². The lowest BCUT2D eigenvalue weighted by atomic mass is 10.1. The summed E-state index contributed by atoms with van der Waals surface area (Å²) in [4.78, 5) is 12.0. The number of carbonyl (C=O) groups excluding carboxylic acids is 1. The van der Waals surface area contributed by atoms with Gasteiger partial charge in [-0.1, -0.05) is 19.8 Å². The molecule has 0 saturated carbocycles. The molecule has 0 saturated heterocycles. The predicted molar refractivity (Wildman–Crippen MR) is 81.4 cm³/mol. The molecule has 0 radical (unpaired) electrons. The summed E-state index contributed by atoms with van der Waals surface area (Å²) in [7, 11) is 0. The Hall–Kier alpha value is -1.29. The maximum Gasteiger partial charge on any atom is 0.240 e. The number of nitrogens with zero attached hydrogens (tertiary/aromatic N) is 1. The number of aromatic nitrogens is 1. The summed E-state index contributed by atoms with van der Waals surface area (Å²) >= 11 is 0. The average Bonchev–Trinajstić information content (AvgIpc) is 2.69. The van der Waals surface area contributed by atoms with E-state index in [9.17, 15) is 4.79 Å². The second kappa shape index (κ2) is 6.93. The van der Waals surface area contributed by atoms with Gasteiger partial charge in [0.05, 0.1) is 0 Å². The van der Waals surface area contributed by atoms with Gasteiger partial charge >= 0.3 is 0 Å². The van der Waals surface area contributed by atoms with Gasteiger partial charge in [0.25, 0.3) is 0 Å². The van der Waals surface area contributed by atoms with Gasteiger partial charge in [-0.3, -0.25) is 4.79 Å². The first-order valence-corrected chi connectivity index (χ1v) is 7.83. The fraction of sp³-hybridized carbons (Fsp3) is 0.688. The van der Waals surface area contributed by atoms with Crippen molar-refractivity contribution in [3.63, 3.8) is 0 Å². The van der Waals surface area contributed by atoms with Crippen molar-refractivity contribution in [1.82, 2.24) is 9.88 Å². The Morgan fingerprint density at radius 2 is 2.30 bits per heavy atom. The van der Waals surface area contributed by atoms with Crippen molar-refractivity contribution in [2.24, 2.45) is 5.73 Å². The van der Waals surface area contributed by atoms with E-state index in [4.69, 9.17) is 5.73 Å². The van der Waals surface area contributed by atoms with Crippen LogP contribution in [-0.4, -0.2) is 16.5 Å². The molecule has 1 amide bonds. The van der Waals surface area contributed by atoms with Gasteiger partial charge in [-0.25, -0.2) is 0 Å². The van der Waals surface area contributed by atoms with E-state index in [1.54, 1.807) is 0 Å². The van der Waals surface area contributed by atoms with Gasteiger partial charge < -0.3 is 15.6 Å². The molecule has 0 fully saturated rings. The first-order valence-electron chi connectivity index (χ1n) is 7.83. The third kappa shape index (κ3) is 3.85. The lowest BCUT2D eigenvalue weighted by molar-refractivity contribution is -0.122. The topological polar surface area (TPSA) is 60.0 Å². The van der Waals surface area contributed by atoms with E-state index < -0.39 is 0 Å². The molecule has 1 aliphatic carbocycles. The molecule has 0 aromatic carbocycles. The molecule has 0 aliphatic heterocycles. The number of nitrogens with two attached hydrogens (primary N) is 1. The Kier molecular flexibility index (Phi) is 5.24. The highest BCUT2D eigenvalue weighted by Gasteiger charge is 2.18. The summed E-state index contributed by atoms with van der Waals surface area (Å²) in [5.41, 5.74) is 8.75. The third-order valence-electron chi connectivity index (χ3n) is 4.06. The number of hydrogen-bond donors (Lipinski definition) is 2. The summed E-state index contributed by atoms with van der Waals surface area (Å²) in [6.45, 7) is 4.59. The standard InChI is InChI=1S/C16H27N3O/c1-3-6-12(2)18-16(20)11-19-9-13-7-4-5-8-15(17)14(13)10-19/h9-10,12,15H,3-8,11,17H2,1-2H3,(H,18,20). The van der Waals surface area contributed by atoms with Crippen molar-refractivity contribution in [2.75, 3.05) is 0 Å². The summed E-state index contributed by atoms with van der Waals surface area (Å²) in [5, 5.41) is 3.04. The van der Waals surface area contributed by atoms with Gasteiger partial charge in [0, 0.05) is 24.5 Å². The van der Waals surface area contributed by atoms with Crippen LogP contribution in [0.25, 0.3) is 0 Å². The molecule has 0 bridgehead atoms. The van der Waals surface area contributed by atoms with E-state index in [1.165, 1.54) is 24.0 Å². The van der Waals surface area contributed by atoms with Crippen molar-refractivity contribution in [3.05, 3.63) is 23.5 Å². The largest absolute Gasteiger partial charge is 0.352 e. The quantitative estimate of drug-likeness (QED) is 0.812. The maximum absolute atomic E-state index is 12.0. The SMILES string of the molecule is CCCC(C)NC(=O)Cn1cc2c(c1)C(N)CCCC2. The minimum Gasteiger partial charge on any atom is -0.352 e. The highest BCUT2D eigenvalue weighted by atomic mass is 16.2. The molecule has 2 unspecified atom stereocenters. The minimum absolute atomic E-state index is 0.0877. The van der Waals surface area contributed by atoms with Crippen LogP contribution in [0.15, 0.2) is 12.4 Å². The lowest BCUT2D eigenvalue weighted by Crippen LogP contribution is -2.34. The first-order chi connectivity index (χ1) is 9.60. The number of aryl methyl sites for hydroxylation is 1. The van der Waals surface area contributed by atoms with E-state index in [1.807, 2.05) is 4.57 Å². The normalized spacial score (nSPS) is 20.1. The van der Waals surface area contributed by atoms with E-state index in [0.717, 1.165) is 25.7 Å². The number of hydrogen-bond acceptors (Lipinski definition) is 2. The van der Waals surface area contributed by atoms with E-state index in [-0.39, 0.29) is 18.0 Å². The number of fused-ring (bicyclic) bond motifs is 1. The van der Waals surface area contributed by atoms with Gasteiger partial charge in [-0.05, 0) is 43.7 Å². The molecule has 0 spiro atoms. The molecule has 4 nitrogen and oxygen atoms in total. The number of carbonyl (C=O) groups is 1. The maximum atomic E-state index is 12.0. The second-order valence-corrected chi connectivity index (χ2v) is 6.02. The first kappa shape index (κ1) is 15.1. The van der Waals surface area contributed by atoms with Crippen LogP contribution in [0.5, 0.6) is 0 Å². The summed E-state index contributed by atoms with van der Waals surface area (Å²) in [6.07, 6.45) is 10.8. The van der Waals surface area contributed by atoms with Gasteiger partial charge in [0.2, 0.25) is 5.91 Å². The van der Waals surface area contributed by atoms with Crippen LogP contribution in [0, 0.1) is 0 Å². The van der Waals surface area contributed by atoms with Crippen LogP contribution in [-0.2, 0) is 17.8 Å². The van der Waals surface area contributed by atoms with Crippen molar-refractivity contribution in [2.45, 2.75) is 71.0 Å². The molecule has 3 N–H and O–H groups in total. The van der Waals surface area contributed by atoms with E-state index in [2.05, 4.69) is 31.6 Å². The fourth-order valence-corrected chi connectivity index (χ4v) is 3.03. The van der Waals surface area contributed by atoms with Crippen molar-refractivity contribution in [3.8, 4) is 0 Å². The molecular formula is C16H27N3O. The van der Waals surface area contributed by atoms with Crippen molar-refractivity contribution in [1.29, 1.82) is 0 Å².